The number of allylic oxidation sites excluding steroid dienone is 2. The standard InChI is InChI=1S/C27H47N5O2/c1-25-12-10-21(33)18-20(25)7-8-23-22(25)11-13-26(2)19(9-14-27(23,26)34)6-5-15-30-31-24(28)29-16-17-32(3)4/h5-6,15,19-23,33-34H,7-14,16-18H2,1-4H3,(H3,28,29,31)/b6-5+,30-15+/t19-,20+,21-,22-,23+,25-,26+,27-/m0/s1. The van der Waals surface area contributed by atoms with Crippen LogP contribution in [0.25, 0.3) is 0 Å². The van der Waals surface area contributed by atoms with Gasteiger partial charge in [0.15, 0.2) is 0 Å². The second-order valence-corrected chi connectivity index (χ2v) is 12.3. The molecule has 0 heterocycles. The number of nitrogens with one attached hydrogen (secondary N) is 3. The molecule has 4 fully saturated rings. The summed E-state index contributed by atoms with van der Waals surface area (Å²) in [5.41, 5.74) is 2.32. The Morgan fingerprint density at radius 2 is 1.88 bits per heavy atom. The summed E-state index contributed by atoms with van der Waals surface area (Å²) in [6.07, 6.45) is 15.2. The number of hydrogen-bond acceptors (Lipinski definition) is 5. The number of hydrazone groups is 1. The lowest BCUT2D eigenvalue weighted by Gasteiger charge is -2.63. The second kappa shape index (κ2) is 9.90. The van der Waals surface area contributed by atoms with E-state index in [4.69, 9.17) is 5.41 Å². The fraction of sp³-hybridized carbons (Fsp3) is 0.852. The van der Waals surface area contributed by atoms with Crippen molar-refractivity contribution in [3.8, 4) is 0 Å². The molecule has 5 N–H and O–H groups in total. The van der Waals surface area contributed by atoms with E-state index in [0.717, 1.165) is 57.9 Å². The summed E-state index contributed by atoms with van der Waals surface area (Å²) in [5, 5.41) is 37.5. The first-order valence-corrected chi connectivity index (χ1v) is 13.4. The number of fused-ring (bicyclic) bond motifs is 5. The summed E-state index contributed by atoms with van der Waals surface area (Å²) >= 11 is 0. The third kappa shape index (κ3) is 4.56. The zero-order valence-corrected chi connectivity index (χ0v) is 21.7. The second-order valence-electron chi connectivity index (χ2n) is 12.3. The van der Waals surface area contributed by atoms with Crippen molar-refractivity contribution in [1.29, 1.82) is 5.41 Å². The van der Waals surface area contributed by atoms with Crippen molar-refractivity contribution in [2.24, 2.45) is 39.6 Å². The first kappa shape index (κ1) is 25.6. The molecule has 4 saturated carbocycles. The Morgan fingerprint density at radius 1 is 1.09 bits per heavy atom. The van der Waals surface area contributed by atoms with Crippen molar-refractivity contribution in [3.05, 3.63) is 12.2 Å². The average Bonchev–Trinajstić information content (AvgIpc) is 3.04. The minimum atomic E-state index is -0.594. The average molecular weight is 474 g/mol. The number of guanidine groups is 1. The highest BCUT2D eigenvalue weighted by Crippen LogP contribution is 2.69. The van der Waals surface area contributed by atoms with Crippen LogP contribution in [0, 0.1) is 39.9 Å². The number of rotatable bonds is 6. The zero-order valence-electron chi connectivity index (χ0n) is 21.7. The van der Waals surface area contributed by atoms with Gasteiger partial charge >= 0.3 is 0 Å². The van der Waals surface area contributed by atoms with Gasteiger partial charge < -0.3 is 20.4 Å². The summed E-state index contributed by atoms with van der Waals surface area (Å²) in [5.74, 6) is 2.12. The molecule has 0 aromatic carbocycles. The van der Waals surface area contributed by atoms with E-state index >= 15 is 0 Å². The number of nitrogens with zero attached hydrogens (tertiary/aromatic N) is 2. The molecule has 0 radical (unpaired) electrons. The molecule has 0 spiro atoms. The van der Waals surface area contributed by atoms with E-state index in [-0.39, 0.29) is 22.9 Å². The van der Waals surface area contributed by atoms with E-state index in [9.17, 15) is 10.2 Å². The number of hydrogen-bond donors (Lipinski definition) is 5. The molecule has 0 aliphatic heterocycles. The van der Waals surface area contributed by atoms with Crippen molar-refractivity contribution >= 4 is 12.2 Å². The highest BCUT2D eigenvalue weighted by molar-refractivity contribution is 5.78. The van der Waals surface area contributed by atoms with Gasteiger partial charge in [-0.1, -0.05) is 19.9 Å². The lowest BCUT2D eigenvalue weighted by molar-refractivity contribution is -0.207. The van der Waals surface area contributed by atoms with Crippen LogP contribution in [-0.2, 0) is 0 Å². The van der Waals surface area contributed by atoms with Gasteiger partial charge in [-0.3, -0.25) is 5.41 Å². The van der Waals surface area contributed by atoms with Crippen LogP contribution in [0.1, 0.15) is 71.6 Å². The third-order valence-corrected chi connectivity index (χ3v) is 10.4. The maximum Gasteiger partial charge on any atom is 0.209 e. The van der Waals surface area contributed by atoms with Crippen molar-refractivity contribution in [2.75, 3.05) is 27.2 Å². The Bertz CT molecular complexity index is 800. The maximum absolute atomic E-state index is 12.2. The van der Waals surface area contributed by atoms with Crippen molar-refractivity contribution in [2.45, 2.75) is 83.3 Å². The van der Waals surface area contributed by atoms with E-state index < -0.39 is 5.60 Å². The van der Waals surface area contributed by atoms with Crippen LogP contribution in [0.3, 0.4) is 0 Å². The molecule has 0 bridgehead atoms. The van der Waals surface area contributed by atoms with Crippen LogP contribution in [0.2, 0.25) is 0 Å². The van der Waals surface area contributed by atoms with Gasteiger partial charge in [0.25, 0.3) is 0 Å². The molecular weight excluding hydrogens is 426 g/mol. The molecule has 0 amide bonds. The van der Waals surface area contributed by atoms with Gasteiger partial charge in [0, 0.05) is 24.7 Å². The topological polar surface area (TPSA) is 104 Å². The Hall–Kier alpha value is -1.44. The fourth-order valence-electron chi connectivity index (χ4n) is 8.33. The van der Waals surface area contributed by atoms with Gasteiger partial charge in [-0.25, -0.2) is 5.43 Å². The molecule has 7 heteroatoms. The predicted molar refractivity (Wildman–Crippen MR) is 138 cm³/mol. The van der Waals surface area contributed by atoms with Gasteiger partial charge in [0.05, 0.1) is 11.7 Å². The highest BCUT2D eigenvalue weighted by atomic mass is 16.3. The third-order valence-electron chi connectivity index (χ3n) is 10.4. The summed E-state index contributed by atoms with van der Waals surface area (Å²) in [6.45, 7) is 6.35. The van der Waals surface area contributed by atoms with Gasteiger partial charge in [-0.15, -0.1) is 0 Å². The van der Waals surface area contributed by atoms with Gasteiger partial charge in [-0.05, 0) is 107 Å². The number of aliphatic hydroxyl groups is 2. The van der Waals surface area contributed by atoms with E-state index in [0.29, 0.717) is 30.2 Å². The quantitative estimate of drug-likeness (QED) is 0.231. The summed E-state index contributed by atoms with van der Waals surface area (Å²) in [7, 11) is 4.01. The highest BCUT2D eigenvalue weighted by Gasteiger charge is 2.66. The Morgan fingerprint density at radius 3 is 2.65 bits per heavy atom. The lowest BCUT2D eigenvalue weighted by Crippen LogP contribution is -2.62. The van der Waals surface area contributed by atoms with Crippen LogP contribution in [0.5, 0.6) is 0 Å². The first-order chi connectivity index (χ1) is 16.1. The molecule has 4 rings (SSSR count). The predicted octanol–water partition coefficient (Wildman–Crippen LogP) is 3.34. The van der Waals surface area contributed by atoms with E-state index in [1.54, 1.807) is 6.21 Å². The molecule has 7 nitrogen and oxygen atoms in total. The molecule has 0 aromatic rings. The largest absolute Gasteiger partial charge is 0.393 e. The Labute approximate surface area is 206 Å². The molecular formula is C27H47N5O2. The molecule has 192 valence electrons. The van der Waals surface area contributed by atoms with Crippen molar-refractivity contribution < 1.29 is 10.2 Å². The van der Waals surface area contributed by atoms with E-state index in [1.807, 2.05) is 20.2 Å². The Kier molecular flexibility index (Phi) is 7.47. The van der Waals surface area contributed by atoms with Gasteiger partial charge in [-0.2, -0.15) is 5.10 Å². The molecule has 0 unspecified atom stereocenters. The van der Waals surface area contributed by atoms with Crippen LogP contribution in [0.4, 0.5) is 0 Å². The first-order valence-electron chi connectivity index (χ1n) is 13.4. The number of likely N-dealkylation sites (N-methyl/N-ethyl adjacent to an activating group) is 1. The monoisotopic (exact) mass is 473 g/mol. The Balaban J connectivity index is 1.37. The van der Waals surface area contributed by atoms with Crippen molar-refractivity contribution in [3.63, 3.8) is 0 Å². The molecule has 0 aromatic heterocycles. The summed E-state index contributed by atoms with van der Waals surface area (Å²) in [6, 6.07) is 0. The molecule has 8 atom stereocenters. The minimum absolute atomic E-state index is 0.0935. The van der Waals surface area contributed by atoms with E-state index in [1.165, 1.54) is 6.42 Å². The van der Waals surface area contributed by atoms with Crippen molar-refractivity contribution in [1.82, 2.24) is 15.6 Å². The summed E-state index contributed by atoms with van der Waals surface area (Å²) < 4.78 is 0. The molecule has 34 heavy (non-hydrogen) atoms. The molecule has 4 aliphatic rings. The van der Waals surface area contributed by atoms with Gasteiger partial charge in [0.1, 0.15) is 0 Å². The lowest BCUT2D eigenvalue weighted by atomic mass is 9.43. The molecule has 4 aliphatic carbocycles. The fourth-order valence-corrected chi connectivity index (χ4v) is 8.33. The van der Waals surface area contributed by atoms with Crippen LogP contribution >= 0.6 is 0 Å². The van der Waals surface area contributed by atoms with Crippen LogP contribution in [0.15, 0.2) is 17.3 Å². The summed E-state index contributed by atoms with van der Waals surface area (Å²) in [4.78, 5) is 2.06. The zero-order chi connectivity index (χ0) is 24.6. The minimum Gasteiger partial charge on any atom is -0.393 e. The van der Waals surface area contributed by atoms with Crippen LogP contribution in [-0.4, -0.2) is 66.2 Å². The SMILES string of the molecule is CN(C)CCNC(=N)N/N=C/C=C/[C@H]1CC[C@]2(O)[C@@H]3CC[C@@H]4C[C@@H](O)CC[C@]4(C)[C@H]3CC[C@]12C. The van der Waals surface area contributed by atoms with E-state index in [2.05, 4.69) is 40.7 Å². The van der Waals surface area contributed by atoms with Crippen LogP contribution < -0.4 is 10.7 Å². The van der Waals surface area contributed by atoms with Gasteiger partial charge in [0.2, 0.25) is 5.96 Å². The maximum atomic E-state index is 12.2. The normalized spacial score (nSPS) is 44.1. The smallest absolute Gasteiger partial charge is 0.209 e. The molecule has 0 saturated heterocycles. The number of aliphatic hydroxyl groups excluding tert-OH is 1.